The topological polar surface area (TPSA) is 339 Å². The van der Waals surface area contributed by atoms with Crippen molar-refractivity contribution in [3.8, 4) is 0 Å². The third-order valence-electron chi connectivity index (χ3n) is 1.91. The van der Waals surface area contributed by atoms with Crippen molar-refractivity contribution in [1.29, 1.82) is 0 Å². The summed E-state index contributed by atoms with van der Waals surface area (Å²) in [5, 5.41) is 49.7. The Morgan fingerprint density at radius 2 is 0.710 bits per heavy atom. The molecule has 0 radical (unpaired) electrons. The number of hydrogen-bond acceptors (Lipinski definition) is 18. The summed E-state index contributed by atoms with van der Waals surface area (Å²) in [7, 11) is -15.0. The van der Waals surface area contributed by atoms with E-state index in [1.54, 1.807) is 0 Å². The van der Waals surface area contributed by atoms with Crippen LogP contribution in [-0.4, -0.2) is 88.6 Å². The molecule has 22 heteroatoms. The molecule has 0 aliphatic heterocycles. The van der Waals surface area contributed by atoms with Crippen LogP contribution in [0.1, 0.15) is 0 Å². The molecule has 0 fully saturated rings. The number of hydrogen-bond donors (Lipinski definition) is 6. The van der Waals surface area contributed by atoms with Gasteiger partial charge in [-0.3, -0.25) is 0 Å². The number of aliphatic hydroxyl groups excluding tert-OH is 6. The predicted molar refractivity (Wildman–Crippen MR) is 80.0 cm³/mol. The van der Waals surface area contributed by atoms with Crippen molar-refractivity contribution in [2.45, 2.75) is 18.3 Å². The van der Waals surface area contributed by atoms with Crippen molar-refractivity contribution in [2.24, 2.45) is 0 Å². The molecule has 0 amide bonds. The van der Waals surface area contributed by atoms with Crippen molar-refractivity contribution < 1.29 is 108 Å². The average molecular weight is 606 g/mol. The van der Waals surface area contributed by atoms with Crippen LogP contribution in [0.3, 0.4) is 0 Å². The normalized spacial score (nSPS) is 14.7. The smallest absolute Gasteiger partial charge is 0.101 e. The van der Waals surface area contributed by atoms with Crippen molar-refractivity contribution in [1.82, 2.24) is 0 Å². The van der Waals surface area contributed by atoms with Crippen molar-refractivity contribution in [3.05, 3.63) is 0 Å². The minimum Gasteiger partial charge on any atom is -0.790 e. The molecular weight excluding hydrogens is 585 g/mol. The van der Waals surface area contributed by atoms with E-state index in [9.17, 15) is 43.1 Å². The number of aliphatic hydroxyl groups is 6. The molecule has 3 unspecified atom stereocenters. The first kappa shape index (κ1) is 39.0. The molecular formula is C9H21MoO18P3-6. The van der Waals surface area contributed by atoms with Crippen molar-refractivity contribution >= 4 is 23.5 Å². The fourth-order valence-corrected chi connectivity index (χ4v) is 1.75. The largest absolute Gasteiger partial charge is 0.790 e. The Morgan fingerprint density at radius 1 is 0.548 bits per heavy atom. The van der Waals surface area contributed by atoms with Gasteiger partial charge in [0.05, 0.1) is 63.1 Å². The van der Waals surface area contributed by atoms with Crippen LogP contribution in [-0.2, 0) is 48.3 Å². The Balaban J connectivity index is -0.000000174. The van der Waals surface area contributed by atoms with E-state index < -0.39 is 81.4 Å². The molecule has 6 N–H and O–H groups in total. The van der Waals surface area contributed by atoms with Crippen LogP contribution in [0.5, 0.6) is 0 Å². The van der Waals surface area contributed by atoms with E-state index in [2.05, 4.69) is 13.6 Å². The van der Waals surface area contributed by atoms with Crippen LogP contribution in [0.15, 0.2) is 0 Å². The summed E-state index contributed by atoms with van der Waals surface area (Å²) in [4.78, 5) is 58.3. The molecule has 0 saturated carbocycles. The third-order valence-corrected chi connectivity index (χ3v) is 3.30. The van der Waals surface area contributed by atoms with Gasteiger partial charge in [0.15, 0.2) is 0 Å². The molecule has 0 aliphatic carbocycles. The van der Waals surface area contributed by atoms with Gasteiger partial charge in [-0.05, 0) is 0 Å². The second-order valence-electron chi connectivity index (χ2n) is 4.74. The minimum absolute atomic E-state index is 0. The van der Waals surface area contributed by atoms with Gasteiger partial charge < -0.3 is 87.3 Å². The van der Waals surface area contributed by atoms with Crippen molar-refractivity contribution in [3.63, 3.8) is 0 Å². The summed E-state index contributed by atoms with van der Waals surface area (Å²) in [5.41, 5.74) is 0. The predicted octanol–water partition coefficient (Wildman–Crippen LogP) is -8.45. The molecule has 0 saturated heterocycles. The summed E-state index contributed by atoms with van der Waals surface area (Å²) in [6, 6.07) is 0. The maximum atomic E-state index is 9.71. The van der Waals surface area contributed by atoms with Crippen molar-refractivity contribution in [2.75, 3.05) is 39.6 Å². The molecule has 31 heavy (non-hydrogen) atoms. The van der Waals surface area contributed by atoms with Gasteiger partial charge in [0.1, 0.15) is 18.3 Å². The van der Waals surface area contributed by atoms with Gasteiger partial charge in [-0.1, -0.05) is 0 Å². The molecule has 18 nitrogen and oxygen atoms in total. The average Bonchev–Trinajstić information content (AvgIpc) is 2.61. The van der Waals surface area contributed by atoms with E-state index in [1.165, 1.54) is 0 Å². The van der Waals surface area contributed by atoms with Gasteiger partial charge in [0.25, 0.3) is 0 Å². The standard InChI is InChI=1S/3C3H9O6P.Mo/c3*4-1-3(5)2-9-10(6,7)8;/h3*3-5H,1-2H2,(H2,6,7,8);/p-6. The maximum Gasteiger partial charge on any atom is 0.101 e. The van der Waals surface area contributed by atoms with Gasteiger partial charge in [-0.15, -0.1) is 0 Å². The van der Waals surface area contributed by atoms with E-state index in [4.69, 9.17) is 30.6 Å². The SMILES string of the molecule is O=P([O-])([O-])OCC(O)CO.O=P([O-])([O-])OCC(O)CO.O=P([O-])([O-])OCC(O)CO.[Mo]. The van der Waals surface area contributed by atoms with Gasteiger partial charge in [0, 0.05) is 21.1 Å². The maximum absolute atomic E-state index is 9.71. The molecule has 0 aromatic carbocycles. The zero-order valence-electron chi connectivity index (χ0n) is 15.3. The Bertz CT molecular complexity index is 469. The van der Waals surface area contributed by atoms with E-state index in [0.29, 0.717) is 0 Å². The van der Waals surface area contributed by atoms with Crippen LogP contribution in [0.4, 0.5) is 0 Å². The third kappa shape index (κ3) is 41.5. The second kappa shape index (κ2) is 20.2. The Kier molecular flexibility index (Phi) is 25.4. The number of phosphoric acid groups is 3. The summed E-state index contributed by atoms with van der Waals surface area (Å²) < 4.78 is 40.0. The Morgan fingerprint density at radius 3 is 0.806 bits per heavy atom. The second-order valence-corrected chi connectivity index (χ2v) is 8.20. The molecule has 0 bridgehead atoms. The van der Waals surface area contributed by atoms with Crippen LogP contribution >= 0.6 is 23.5 Å². The fraction of sp³-hybridized carbons (Fsp3) is 1.00. The fourth-order valence-electron chi connectivity index (χ4n) is 0.690. The van der Waals surface area contributed by atoms with Gasteiger partial charge in [-0.25, -0.2) is 0 Å². The zero-order chi connectivity index (χ0) is 24.6. The summed E-state index contributed by atoms with van der Waals surface area (Å²) in [6.45, 7) is -4.00. The monoisotopic (exact) mass is 608 g/mol. The van der Waals surface area contributed by atoms with E-state index in [1.807, 2.05) is 0 Å². The Hall–Kier alpha value is 0.778. The van der Waals surface area contributed by atoms with Crippen LogP contribution in [0.25, 0.3) is 0 Å². The molecule has 0 aromatic heterocycles. The molecule has 0 heterocycles. The van der Waals surface area contributed by atoms with Gasteiger partial charge >= 0.3 is 0 Å². The van der Waals surface area contributed by atoms with E-state index in [-0.39, 0.29) is 21.1 Å². The molecule has 0 rings (SSSR count). The summed E-state index contributed by atoms with van der Waals surface area (Å²) in [5.74, 6) is 0. The van der Waals surface area contributed by atoms with Gasteiger partial charge in [-0.2, -0.15) is 0 Å². The van der Waals surface area contributed by atoms with Crippen LogP contribution in [0.2, 0.25) is 0 Å². The van der Waals surface area contributed by atoms with Crippen LogP contribution in [0, 0.1) is 0 Å². The molecule has 192 valence electrons. The van der Waals surface area contributed by atoms with Gasteiger partial charge in [0.2, 0.25) is 0 Å². The summed E-state index contributed by atoms with van der Waals surface area (Å²) >= 11 is 0. The Labute approximate surface area is 190 Å². The summed E-state index contributed by atoms with van der Waals surface area (Å²) in [6.07, 6.45) is -3.97. The molecule has 0 spiro atoms. The van der Waals surface area contributed by atoms with E-state index >= 15 is 0 Å². The number of rotatable bonds is 12. The quantitative estimate of drug-likeness (QED) is 0.0887. The first-order valence-electron chi connectivity index (χ1n) is 7.23. The molecule has 0 aromatic rings. The first-order valence-corrected chi connectivity index (χ1v) is 11.6. The molecule has 3 atom stereocenters. The minimum atomic E-state index is -5.00. The first-order chi connectivity index (χ1) is 13.4. The zero-order valence-corrected chi connectivity index (χ0v) is 20.0. The molecule has 0 aliphatic rings. The number of phosphoric ester groups is 3. The van der Waals surface area contributed by atoms with Crippen LogP contribution < -0.4 is 29.4 Å². The van der Waals surface area contributed by atoms with E-state index in [0.717, 1.165) is 0 Å².